The van der Waals surface area contributed by atoms with Gasteiger partial charge in [-0.2, -0.15) is 5.10 Å². The molecule has 1 amide bonds. The molecule has 0 saturated heterocycles. The SMILES string of the molecule is O=C(CSc1nnc(-c2ccncc2)n1-c1ccc(Cl)cc1)N/N=C/c1cccc(Br)c1. The third kappa shape index (κ3) is 5.61. The van der Waals surface area contributed by atoms with Gasteiger partial charge < -0.3 is 0 Å². The van der Waals surface area contributed by atoms with Crippen molar-refractivity contribution < 1.29 is 4.79 Å². The monoisotopic (exact) mass is 526 g/mol. The van der Waals surface area contributed by atoms with Crippen LogP contribution in [0.3, 0.4) is 0 Å². The van der Waals surface area contributed by atoms with Crippen molar-refractivity contribution in [1.29, 1.82) is 0 Å². The third-order valence-corrected chi connectivity index (χ3v) is 5.91. The second-order valence-electron chi connectivity index (χ2n) is 6.49. The number of carbonyl (C=O) groups is 1. The molecule has 2 aromatic carbocycles. The van der Waals surface area contributed by atoms with Gasteiger partial charge in [-0.05, 0) is 54.1 Å². The zero-order valence-corrected chi connectivity index (χ0v) is 19.7. The number of aromatic nitrogens is 4. The van der Waals surface area contributed by atoms with Gasteiger partial charge >= 0.3 is 0 Å². The summed E-state index contributed by atoms with van der Waals surface area (Å²) in [5, 5.41) is 13.9. The third-order valence-electron chi connectivity index (χ3n) is 4.24. The van der Waals surface area contributed by atoms with Crippen molar-refractivity contribution in [2.75, 3.05) is 5.75 Å². The van der Waals surface area contributed by atoms with Gasteiger partial charge in [0.1, 0.15) is 0 Å². The van der Waals surface area contributed by atoms with Crippen LogP contribution in [0, 0.1) is 0 Å². The molecule has 4 aromatic rings. The Morgan fingerprint density at radius 3 is 2.66 bits per heavy atom. The van der Waals surface area contributed by atoms with Crippen LogP contribution in [0.5, 0.6) is 0 Å². The van der Waals surface area contributed by atoms with Crippen LogP contribution in [0.4, 0.5) is 0 Å². The summed E-state index contributed by atoms with van der Waals surface area (Å²) in [6.45, 7) is 0. The molecule has 0 aliphatic rings. The fraction of sp³-hybridized carbons (Fsp3) is 0.0455. The second kappa shape index (κ2) is 10.5. The van der Waals surface area contributed by atoms with Crippen LogP contribution in [0.1, 0.15) is 5.56 Å². The second-order valence-corrected chi connectivity index (χ2v) is 8.79. The van der Waals surface area contributed by atoms with Crippen LogP contribution in [-0.4, -0.2) is 37.6 Å². The van der Waals surface area contributed by atoms with E-state index in [1.54, 1.807) is 30.7 Å². The Hall–Kier alpha value is -3.01. The molecule has 1 N–H and O–H groups in total. The number of halogens is 2. The van der Waals surface area contributed by atoms with Gasteiger partial charge in [0.25, 0.3) is 5.91 Å². The number of pyridine rings is 1. The van der Waals surface area contributed by atoms with Gasteiger partial charge in [-0.3, -0.25) is 14.3 Å². The summed E-state index contributed by atoms with van der Waals surface area (Å²) < 4.78 is 2.82. The molecule has 32 heavy (non-hydrogen) atoms. The molecule has 0 atom stereocenters. The summed E-state index contributed by atoms with van der Waals surface area (Å²) in [6.07, 6.45) is 4.98. The lowest BCUT2D eigenvalue weighted by molar-refractivity contribution is -0.118. The summed E-state index contributed by atoms with van der Waals surface area (Å²) in [5.74, 6) is 0.514. The highest BCUT2D eigenvalue weighted by Crippen LogP contribution is 2.28. The van der Waals surface area contributed by atoms with E-state index in [1.165, 1.54) is 11.8 Å². The molecule has 0 aliphatic carbocycles. The molecule has 2 aromatic heterocycles. The quantitative estimate of drug-likeness (QED) is 0.208. The fourth-order valence-corrected chi connectivity index (χ4v) is 4.09. The van der Waals surface area contributed by atoms with Gasteiger partial charge in [0, 0.05) is 33.1 Å². The predicted molar refractivity (Wildman–Crippen MR) is 130 cm³/mol. The number of hydrogen-bond acceptors (Lipinski definition) is 6. The molecule has 0 bridgehead atoms. The fourth-order valence-electron chi connectivity index (χ4n) is 2.80. The summed E-state index contributed by atoms with van der Waals surface area (Å²) in [6, 6.07) is 18.7. The number of nitrogens with zero attached hydrogens (tertiary/aromatic N) is 5. The minimum absolute atomic E-state index is 0.123. The highest BCUT2D eigenvalue weighted by atomic mass is 79.9. The van der Waals surface area contributed by atoms with Gasteiger partial charge in [-0.1, -0.05) is 51.4 Å². The number of hydrogen-bond donors (Lipinski definition) is 1. The minimum atomic E-state index is -0.252. The van der Waals surface area contributed by atoms with Crippen LogP contribution in [0.25, 0.3) is 17.1 Å². The van der Waals surface area contributed by atoms with E-state index >= 15 is 0 Å². The van der Waals surface area contributed by atoms with Crippen molar-refractivity contribution in [1.82, 2.24) is 25.2 Å². The van der Waals surface area contributed by atoms with Gasteiger partial charge in [0.15, 0.2) is 11.0 Å². The highest BCUT2D eigenvalue weighted by molar-refractivity contribution is 9.10. The number of thioether (sulfide) groups is 1. The molecule has 0 saturated carbocycles. The normalized spacial score (nSPS) is 11.1. The molecule has 7 nitrogen and oxygen atoms in total. The molecule has 0 spiro atoms. The van der Waals surface area contributed by atoms with Crippen molar-refractivity contribution in [2.24, 2.45) is 5.10 Å². The lowest BCUT2D eigenvalue weighted by Gasteiger charge is -2.10. The maximum atomic E-state index is 12.3. The summed E-state index contributed by atoms with van der Waals surface area (Å²) in [7, 11) is 0. The standard InChI is InChI=1S/C22H16BrClN6OS/c23-17-3-1-2-15(12-17)13-26-27-20(31)14-32-22-29-28-21(16-8-10-25-11-9-16)30(22)19-6-4-18(24)5-7-19/h1-13H,14H2,(H,27,31)/b26-13+. The van der Waals surface area contributed by atoms with E-state index in [-0.39, 0.29) is 11.7 Å². The summed E-state index contributed by atoms with van der Waals surface area (Å²) in [5.41, 5.74) is 5.10. The molecule has 2 heterocycles. The first-order valence-electron chi connectivity index (χ1n) is 9.42. The van der Waals surface area contributed by atoms with Crippen LogP contribution < -0.4 is 5.43 Å². The van der Waals surface area contributed by atoms with E-state index < -0.39 is 0 Å². The summed E-state index contributed by atoms with van der Waals surface area (Å²) in [4.78, 5) is 16.4. The van der Waals surface area contributed by atoms with Crippen LogP contribution in [0.2, 0.25) is 5.02 Å². The Morgan fingerprint density at radius 1 is 1.12 bits per heavy atom. The van der Waals surface area contributed by atoms with Crippen LogP contribution >= 0.6 is 39.3 Å². The Morgan fingerprint density at radius 2 is 1.91 bits per heavy atom. The predicted octanol–water partition coefficient (Wildman–Crippen LogP) is 4.99. The van der Waals surface area contributed by atoms with Gasteiger partial charge in [0.05, 0.1) is 12.0 Å². The molecule has 160 valence electrons. The van der Waals surface area contributed by atoms with Gasteiger partial charge in [-0.15, -0.1) is 10.2 Å². The number of amides is 1. The Labute approximate surface area is 202 Å². The number of rotatable bonds is 7. The van der Waals surface area contributed by atoms with Crippen molar-refractivity contribution >= 4 is 51.4 Å². The summed E-state index contributed by atoms with van der Waals surface area (Å²) >= 11 is 10.7. The van der Waals surface area contributed by atoms with Crippen LogP contribution in [0.15, 0.2) is 87.8 Å². The lowest BCUT2D eigenvalue weighted by Crippen LogP contribution is -2.20. The number of carbonyl (C=O) groups excluding carboxylic acids is 1. The molecule has 0 radical (unpaired) electrons. The van der Waals surface area contributed by atoms with Gasteiger partial charge in [0.2, 0.25) is 0 Å². The van der Waals surface area contributed by atoms with Crippen molar-refractivity contribution in [3.05, 3.63) is 88.1 Å². The molecule has 0 unspecified atom stereocenters. The van der Waals surface area contributed by atoms with E-state index in [1.807, 2.05) is 53.1 Å². The smallest absolute Gasteiger partial charge is 0.250 e. The minimum Gasteiger partial charge on any atom is -0.272 e. The molecular formula is C22H16BrClN6OS. The van der Waals surface area contributed by atoms with E-state index in [0.29, 0.717) is 16.0 Å². The van der Waals surface area contributed by atoms with Crippen molar-refractivity contribution in [3.63, 3.8) is 0 Å². The average molecular weight is 528 g/mol. The van der Waals surface area contributed by atoms with E-state index in [2.05, 4.69) is 41.6 Å². The number of nitrogens with one attached hydrogen (secondary N) is 1. The zero-order chi connectivity index (χ0) is 22.3. The maximum Gasteiger partial charge on any atom is 0.250 e. The van der Waals surface area contributed by atoms with Crippen molar-refractivity contribution in [3.8, 4) is 17.1 Å². The Kier molecular flexibility index (Phi) is 7.31. The first kappa shape index (κ1) is 22.2. The first-order chi connectivity index (χ1) is 15.6. The van der Waals surface area contributed by atoms with Crippen LogP contribution in [-0.2, 0) is 4.79 Å². The molecule has 4 rings (SSSR count). The molecular weight excluding hydrogens is 512 g/mol. The van der Waals surface area contributed by atoms with E-state index in [4.69, 9.17) is 11.6 Å². The topological polar surface area (TPSA) is 85.1 Å². The first-order valence-corrected chi connectivity index (χ1v) is 11.6. The van der Waals surface area contributed by atoms with E-state index in [0.717, 1.165) is 21.3 Å². The van der Waals surface area contributed by atoms with Crippen molar-refractivity contribution in [2.45, 2.75) is 5.16 Å². The van der Waals surface area contributed by atoms with Gasteiger partial charge in [-0.25, -0.2) is 5.43 Å². The number of benzene rings is 2. The maximum absolute atomic E-state index is 12.3. The molecule has 0 aliphatic heterocycles. The molecule has 10 heteroatoms. The Bertz CT molecular complexity index is 1250. The number of hydrazone groups is 1. The zero-order valence-electron chi connectivity index (χ0n) is 16.5. The highest BCUT2D eigenvalue weighted by Gasteiger charge is 2.17. The molecule has 0 fully saturated rings. The lowest BCUT2D eigenvalue weighted by atomic mass is 10.2. The Balaban J connectivity index is 1.50. The largest absolute Gasteiger partial charge is 0.272 e. The van der Waals surface area contributed by atoms with E-state index in [9.17, 15) is 4.79 Å². The average Bonchev–Trinajstić information content (AvgIpc) is 3.23.